The molecule has 1 atom stereocenters. The summed E-state index contributed by atoms with van der Waals surface area (Å²) in [5.74, 6) is -0.324. The van der Waals surface area contributed by atoms with E-state index in [2.05, 4.69) is 20.9 Å². The summed E-state index contributed by atoms with van der Waals surface area (Å²) < 4.78 is 1.01. The Labute approximate surface area is 162 Å². The highest BCUT2D eigenvalue weighted by Crippen LogP contribution is 2.25. The third-order valence-corrected chi connectivity index (χ3v) is 4.96. The molecule has 1 heterocycles. The van der Waals surface area contributed by atoms with Crippen molar-refractivity contribution >= 4 is 44.9 Å². The number of carbonyl (C=O) groups excluding carboxylic acids is 2. The number of nitrogens with zero attached hydrogens (tertiary/aromatic N) is 1. The molecule has 2 aromatic carbocycles. The van der Waals surface area contributed by atoms with Gasteiger partial charge in [0.05, 0.1) is 15.2 Å². The van der Waals surface area contributed by atoms with E-state index in [1.54, 1.807) is 23.5 Å². The van der Waals surface area contributed by atoms with Crippen molar-refractivity contribution in [3.63, 3.8) is 0 Å². The molecule has 0 spiro atoms. The van der Waals surface area contributed by atoms with E-state index in [0.717, 1.165) is 15.2 Å². The number of thiazole rings is 1. The third kappa shape index (κ3) is 4.83. The molecule has 140 valence electrons. The van der Waals surface area contributed by atoms with E-state index in [4.69, 9.17) is 0 Å². The van der Waals surface area contributed by atoms with Crippen LogP contribution in [0.2, 0.25) is 0 Å². The monoisotopic (exact) mass is 382 g/mol. The fourth-order valence-electron chi connectivity index (χ4n) is 2.70. The second kappa shape index (κ2) is 8.18. The molecule has 0 bridgehead atoms. The van der Waals surface area contributed by atoms with Crippen molar-refractivity contribution in [1.82, 2.24) is 10.3 Å². The Bertz CT molecular complexity index is 953. The zero-order chi connectivity index (χ0) is 19.4. The minimum absolute atomic E-state index is 0.0686. The van der Waals surface area contributed by atoms with Crippen molar-refractivity contribution in [3.05, 3.63) is 53.5 Å². The molecule has 1 aromatic heterocycles. The number of aromatic nitrogens is 1. The average Bonchev–Trinajstić information content (AvgIpc) is 2.99. The molecule has 3 aromatic rings. The van der Waals surface area contributed by atoms with Gasteiger partial charge in [-0.2, -0.15) is 0 Å². The number of fused-ring (bicyclic) bond motifs is 1. The molecule has 0 aliphatic rings. The molecule has 27 heavy (non-hydrogen) atoms. The van der Waals surface area contributed by atoms with E-state index in [0.29, 0.717) is 11.4 Å². The van der Waals surface area contributed by atoms with Gasteiger partial charge in [0.2, 0.25) is 5.91 Å². The first kappa shape index (κ1) is 18.8. The van der Waals surface area contributed by atoms with Crippen LogP contribution in [0.3, 0.4) is 0 Å². The molecule has 3 rings (SSSR count). The van der Waals surface area contributed by atoms with Crippen LogP contribution in [0.15, 0.2) is 48.5 Å². The van der Waals surface area contributed by atoms with Gasteiger partial charge in [0, 0.05) is 11.4 Å². The van der Waals surface area contributed by atoms with Crippen LogP contribution in [0.1, 0.15) is 18.9 Å². The number of aryl methyl sites for hydroxylation is 1. The topological polar surface area (TPSA) is 83.1 Å². The van der Waals surface area contributed by atoms with Crippen LogP contribution in [0, 0.1) is 12.8 Å². The van der Waals surface area contributed by atoms with Crippen LogP contribution < -0.4 is 16.0 Å². The zero-order valence-corrected chi connectivity index (χ0v) is 16.3. The van der Waals surface area contributed by atoms with Crippen molar-refractivity contribution < 1.29 is 9.59 Å². The van der Waals surface area contributed by atoms with Gasteiger partial charge in [0.15, 0.2) is 0 Å². The van der Waals surface area contributed by atoms with Crippen molar-refractivity contribution in [1.29, 1.82) is 0 Å². The highest BCUT2D eigenvalue weighted by molar-refractivity contribution is 7.18. The SMILES string of the molecule is Cc1nc2ccc(NC(=O)C(NC(=O)Nc3ccccc3)C(C)C)cc2s1. The summed E-state index contributed by atoms with van der Waals surface area (Å²) in [6.45, 7) is 5.73. The van der Waals surface area contributed by atoms with Crippen LogP contribution in [0.5, 0.6) is 0 Å². The van der Waals surface area contributed by atoms with Gasteiger partial charge in [-0.15, -0.1) is 11.3 Å². The Balaban J connectivity index is 1.67. The summed E-state index contributed by atoms with van der Waals surface area (Å²) in [6, 6.07) is 13.6. The van der Waals surface area contributed by atoms with E-state index in [1.165, 1.54) is 0 Å². The smallest absolute Gasteiger partial charge is 0.319 e. The van der Waals surface area contributed by atoms with E-state index >= 15 is 0 Å². The molecule has 0 aliphatic heterocycles. The lowest BCUT2D eigenvalue weighted by molar-refractivity contribution is -0.118. The molecule has 3 N–H and O–H groups in total. The summed E-state index contributed by atoms with van der Waals surface area (Å²) in [4.78, 5) is 29.4. The Morgan fingerprint density at radius 2 is 1.74 bits per heavy atom. The van der Waals surface area contributed by atoms with Crippen LogP contribution in [0.4, 0.5) is 16.2 Å². The first-order valence-electron chi connectivity index (χ1n) is 8.73. The Morgan fingerprint density at radius 1 is 1.00 bits per heavy atom. The fourth-order valence-corrected chi connectivity index (χ4v) is 3.57. The first-order chi connectivity index (χ1) is 12.9. The second-order valence-corrected chi connectivity index (χ2v) is 7.83. The minimum Gasteiger partial charge on any atom is -0.326 e. The van der Waals surface area contributed by atoms with E-state index in [9.17, 15) is 9.59 Å². The maximum Gasteiger partial charge on any atom is 0.319 e. The normalized spacial score (nSPS) is 12.0. The van der Waals surface area contributed by atoms with Gasteiger partial charge in [-0.25, -0.2) is 9.78 Å². The van der Waals surface area contributed by atoms with Gasteiger partial charge in [-0.05, 0) is 43.2 Å². The summed E-state index contributed by atoms with van der Waals surface area (Å²) in [6.07, 6.45) is 0. The molecule has 0 saturated heterocycles. The number of para-hydroxylation sites is 1. The Kier molecular flexibility index (Phi) is 5.71. The summed E-state index contributed by atoms with van der Waals surface area (Å²) >= 11 is 1.58. The lowest BCUT2D eigenvalue weighted by Gasteiger charge is -2.22. The molecule has 1 unspecified atom stereocenters. The van der Waals surface area contributed by atoms with Gasteiger partial charge >= 0.3 is 6.03 Å². The minimum atomic E-state index is -0.660. The summed E-state index contributed by atoms with van der Waals surface area (Å²) in [5.41, 5.74) is 2.27. The number of amides is 3. The summed E-state index contributed by atoms with van der Waals surface area (Å²) in [7, 11) is 0. The van der Waals surface area contributed by atoms with Gasteiger partial charge < -0.3 is 16.0 Å². The lowest BCUT2D eigenvalue weighted by Crippen LogP contribution is -2.48. The molecule has 6 nitrogen and oxygen atoms in total. The molecule has 7 heteroatoms. The number of anilines is 2. The number of nitrogens with one attached hydrogen (secondary N) is 3. The number of benzene rings is 2. The third-order valence-electron chi connectivity index (χ3n) is 4.03. The van der Waals surface area contributed by atoms with E-state index in [1.807, 2.05) is 57.2 Å². The molecule has 0 aliphatic carbocycles. The van der Waals surface area contributed by atoms with Gasteiger partial charge in [0.1, 0.15) is 6.04 Å². The number of hydrogen-bond donors (Lipinski definition) is 3. The first-order valence-corrected chi connectivity index (χ1v) is 9.54. The van der Waals surface area contributed by atoms with Crippen LogP contribution in [-0.4, -0.2) is 23.0 Å². The van der Waals surface area contributed by atoms with Gasteiger partial charge in [-0.3, -0.25) is 4.79 Å². The molecular weight excluding hydrogens is 360 g/mol. The number of hydrogen-bond acceptors (Lipinski definition) is 4. The molecule has 0 radical (unpaired) electrons. The largest absolute Gasteiger partial charge is 0.326 e. The molecule has 0 saturated carbocycles. The number of rotatable bonds is 5. The van der Waals surface area contributed by atoms with Crippen LogP contribution >= 0.6 is 11.3 Å². The average molecular weight is 382 g/mol. The van der Waals surface area contributed by atoms with E-state index in [-0.39, 0.29) is 11.8 Å². The highest BCUT2D eigenvalue weighted by Gasteiger charge is 2.24. The Morgan fingerprint density at radius 3 is 2.44 bits per heavy atom. The highest BCUT2D eigenvalue weighted by atomic mass is 32.1. The van der Waals surface area contributed by atoms with Crippen LogP contribution in [-0.2, 0) is 4.79 Å². The predicted molar refractivity (Wildman–Crippen MR) is 110 cm³/mol. The standard InChI is InChI=1S/C20H22N4O2S/c1-12(2)18(24-20(26)23-14-7-5-4-6-8-14)19(25)22-15-9-10-16-17(11-15)27-13(3)21-16/h4-12,18H,1-3H3,(H,22,25)(H2,23,24,26). The molecular formula is C20H22N4O2S. The van der Waals surface area contributed by atoms with Gasteiger partial charge in [0.25, 0.3) is 0 Å². The predicted octanol–water partition coefficient (Wildman–Crippen LogP) is 4.39. The maximum absolute atomic E-state index is 12.7. The maximum atomic E-state index is 12.7. The quantitative estimate of drug-likeness (QED) is 0.612. The van der Waals surface area contributed by atoms with E-state index < -0.39 is 12.1 Å². The fraction of sp³-hybridized carbons (Fsp3) is 0.250. The van der Waals surface area contributed by atoms with Crippen molar-refractivity contribution in [3.8, 4) is 0 Å². The van der Waals surface area contributed by atoms with Crippen molar-refractivity contribution in [2.45, 2.75) is 26.8 Å². The van der Waals surface area contributed by atoms with Gasteiger partial charge in [-0.1, -0.05) is 32.0 Å². The van der Waals surface area contributed by atoms with Crippen molar-refractivity contribution in [2.24, 2.45) is 5.92 Å². The number of urea groups is 1. The Hall–Kier alpha value is -2.93. The number of carbonyl (C=O) groups is 2. The van der Waals surface area contributed by atoms with Crippen LogP contribution in [0.25, 0.3) is 10.2 Å². The summed E-state index contributed by atoms with van der Waals surface area (Å²) in [5, 5.41) is 9.36. The molecule has 3 amide bonds. The van der Waals surface area contributed by atoms with Crippen molar-refractivity contribution in [2.75, 3.05) is 10.6 Å². The zero-order valence-electron chi connectivity index (χ0n) is 15.4. The lowest BCUT2D eigenvalue weighted by atomic mass is 10.0. The second-order valence-electron chi connectivity index (χ2n) is 6.59. The molecule has 0 fully saturated rings.